The van der Waals surface area contributed by atoms with Crippen LogP contribution < -0.4 is 0 Å². The van der Waals surface area contributed by atoms with Crippen molar-refractivity contribution >= 4 is 52.3 Å². The maximum Gasteiger partial charge on any atom is 0.254 e. The van der Waals surface area contributed by atoms with E-state index in [1.54, 1.807) is 25.2 Å². The summed E-state index contributed by atoms with van der Waals surface area (Å²) in [5, 5.41) is 1.39. The summed E-state index contributed by atoms with van der Waals surface area (Å²) < 4.78 is 0. The minimum atomic E-state index is -0.225. The van der Waals surface area contributed by atoms with E-state index in [9.17, 15) is 4.79 Å². The molecule has 0 aliphatic rings. The van der Waals surface area contributed by atoms with Gasteiger partial charge in [-0.1, -0.05) is 46.4 Å². The van der Waals surface area contributed by atoms with E-state index in [-0.39, 0.29) is 16.2 Å². The largest absolute Gasteiger partial charge is 0.337 e. The van der Waals surface area contributed by atoms with Gasteiger partial charge in [0.1, 0.15) is 10.3 Å². The summed E-state index contributed by atoms with van der Waals surface area (Å²) in [5.74, 6) is -0.225. The molecule has 0 aliphatic heterocycles. The normalized spacial score (nSPS) is 10.5. The maximum absolute atomic E-state index is 12.3. The number of rotatable bonds is 3. The van der Waals surface area contributed by atoms with Crippen molar-refractivity contribution < 1.29 is 4.79 Å². The van der Waals surface area contributed by atoms with Gasteiger partial charge in [0.2, 0.25) is 0 Å². The van der Waals surface area contributed by atoms with Crippen LogP contribution in [0.2, 0.25) is 20.4 Å². The summed E-state index contributed by atoms with van der Waals surface area (Å²) in [6, 6.07) is 8.08. The highest BCUT2D eigenvalue weighted by atomic mass is 35.5. The zero-order valence-corrected chi connectivity index (χ0v) is 13.9. The smallest absolute Gasteiger partial charge is 0.254 e. The molecule has 2 rings (SSSR count). The van der Waals surface area contributed by atoms with Gasteiger partial charge in [-0.15, -0.1) is 0 Å². The van der Waals surface area contributed by atoms with Crippen molar-refractivity contribution in [3.05, 3.63) is 61.8 Å². The molecule has 0 atom stereocenters. The Kier molecular flexibility index (Phi) is 5.33. The first-order valence-corrected chi connectivity index (χ1v) is 7.40. The molecule has 0 unspecified atom stereocenters. The first-order valence-electron chi connectivity index (χ1n) is 5.88. The lowest BCUT2D eigenvalue weighted by atomic mass is 10.2. The van der Waals surface area contributed by atoms with Gasteiger partial charge in [0.15, 0.2) is 0 Å². The van der Waals surface area contributed by atoms with Gasteiger partial charge in [0.25, 0.3) is 5.91 Å². The second-order valence-corrected chi connectivity index (χ2v) is 6.09. The van der Waals surface area contributed by atoms with Crippen molar-refractivity contribution in [2.75, 3.05) is 7.05 Å². The summed E-state index contributed by atoms with van der Waals surface area (Å²) in [7, 11) is 1.67. The van der Waals surface area contributed by atoms with E-state index in [1.165, 1.54) is 17.0 Å². The summed E-state index contributed by atoms with van der Waals surface area (Å²) in [6.07, 6.45) is 0. The number of halogens is 4. The molecule has 21 heavy (non-hydrogen) atoms. The van der Waals surface area contributed by atoms with Gasteiger partial charge in [-0.3, -0.25) is 4.79 Å². The highest BCUT2D eigenvalue weighted by Gasteiger charge is 2.14. The van der Waals surface area contributed by atoms with Crippen LogP contribution in [0.5, 0.6) is 0 Å². The molecule has 7 heteroatoms. The van der Waals surface area contributed by atoms with Crippen LogP contribution in [0, 0.1) is 0 Å². The number of hydrogen-bond acceptors (Lipinski definition) is 2. The van der Waals surface area contributed by atoms with Crippen LogP contribution in [0.1, 0.15) is 15.9 Å². The van der Waals surface area contributed by atoms with Gasteiger partial charge in [0.05, 0.1) is 0 Å². The number of hydrogen-bond donors (Lipinski definition) is 0. The first-order chi connectivity index (χ1) is 9.85. The number of carbonyl (C=O) groups excluding carboxylic acids is 1. The zero-order chi connectivity index (χ0) is 15.6. The highest BCUT2D eigenvalue weighted by Crippen LogP contribution is 2.21. The maximum atomic E-state index is 12.3. The molecule has 0 N–H and O–H groups in total. The van der Waals surface area contributed by atoms with E-state index in [0.717, 1.165) is 5.56 Å². The third kappa shape index (κ3) is 4.48. The minimum Gasteiger partial charge on any atom is -0.337 e. The fraction of sp³-hybridized carbons (Fsp3) is 0.143. The van der Waals surface area contributed by atoms with Crippen LogP contribution in [0.15, 0.2) is 30.3 Å². The number of carbonyl (C=O) groups is 1. The summed E-state index contributed by atoms with van der Waals surface area (Å²) >= 11 is 23.5. The van der Waals surface area contributed by atoms with Crippen LogP contribution in [0.3, 0.4) is 0 Å². The van der Waals surface area contributed by atoms with Crippen LogP contribution in [0.25, 0.3) is 0 Å². The molecule has 2 aromatic rings. The van der Waals surface area contributed by atoms with Crippen LogP contribution in [-0.2, 0) is 6.54 Å². The lowest BCUT2D eigenvalue weighted by Gasteiger charge is -2.18. The van der Waals surface area contributed by atoms with Gasteiger partial charge in [-0.05, 0) is 35.9 Å². The quantitative estimate of drug-likeness (QED) is 0.721. The molecule has 1 heterocycles. The average molecular weight is 364 g/mol. The van der Waals surface area contributed by atoms with Crippen molar-refractivity contribution in [3.63, 3.8) is 0 Å². The van der Waals surface area contributed by atoms with E-state index < -0.39 is 0 Å². The van der Waals surface area contributed by atoms with Crippen molar-refractivity contribution in [2.24, 2.45) is 0 Å². The lowest BCUT2D eigenvalue weighted by Crippen LogP contribution is -2.26. The summed E-state index contributed by atoms with van der Waals surface area (Å²) in [5.41, 5.74) is 1.20. The Hall–Kier alpha value is -1.00. The number of pyridine rings is 1. The Balaban J connectivity index is 2.19. The van der Waals surface area contributed by atoms with E-state index in [4.69, 9.17) is 46.4 Å². The van der Waals surface area contributed by atoms with Gasteiger partial charge < -0.3 is 4.90 Å². The summed E-state index contributed by atoms with van der Waals surface area (Å²) in [6.45, 7) is 0.358. The minimum absolute atomic E-state index is 0.171. The van der Waals surface area contributed by atoms with E-state index in [1.807, 2.05) is 0 Å². The topological polar surface area (TPSA) is 33.2 Å². The Morgan fingerprint density at radius 1 is 1.00 bits per heavy atom. The van der Waals surface area contributed by atoms with Crippen molar-refractivity contribution in [2.45, 2.75) is 6.54 Å². The number of aromatic nitrogens is 1. The number of nitrogens with zero attached hydrogens (tertiary/aromatic N) is 2. The number of benzene rings is 1. The third-order valence-electron chi connectivity index (χ3n) is 2.70. The number of amides is 1. The Morgan fingerprint density at radius 2 is 1.52 bits per heavy atom. The predicted molar refractivity (Wildman–Crippen MR) is 86.5 cm³/mol. The molecule has 3 nitrogen and oxygen atoms in total. The molecule has 110 valence electrons. The molecule has 0 spiro atoms. The van der Waals surface area contributed by atoms with Crippen molar-refractivity contribution in [3.8, 4) is 0 Å². The Morgan fingerprint density at radius 3 is 2.05 bits per heavy atom. The lowest BCUT2D eigenvalue weighted by molar-refractivity contribution is 0.0785. The van der Waals surface area contributed by atoms with Crippen LogP contribution >= 0.6 is 46.4 Å². The van der Waals surface area contributed by atoms with Crippen LogP contribution in [0.4, 0.5) is 0 Å². The first kappa shape index (κ1) is 16.4. The Labute approximate surface area is 142 Å². The van der Waals surface area contributed by atoms with E-state index >= 15 is 0 Å². The molecule has 0 bridgehead atoms. The standard InChI is InChI=1S/C14H10Cl4N2O/c1-20(7-8-2-10(15)6-11(16)3-8)14(21)9-4-12(17)19-13(18)5-9/h2-6H,7H2,1H3. The molecule has 0 fully saturated rings. The molecular formula is C14H10Cl4N2O. The highest BCUT2D eigenvalue weighted by molar-refractivity contribution is 6.34. The monoisotopic (exact) mass is 362 g/mol. The van der Waals surface area contributed by atoms with Gasteiger partial charge in [-0.2, -0.15) is 0 Å². The predicted octanol–water partition coefficient (Wildman–Crippen LogP) is 4.97. The van der Waals surface area contributed by atoms with Gasteiger partial charge in [-0.25, -0.2) is 4.98 Å². The van der Waals surface area contributed by atoms with Crippen LogP contribution in [-0.4, -0.2) is 22.8 Å². The SMILES string of the molecule is CN(Cc1cc(Cl)cc(Cl)c1)C(=O)c1cc(Cl)nc(Cl)c1. The average Bonchev–Trinajstić information content (AvgIpc) is 2.35. The van der Waals surface area contributed by atoms with Crippen molar-refractivity contribution in [1.82, 2.24) is 9.88 Å². The second-order valence-electron chi connectivity index (χ2n) is 4.44. The molecule has 0 radical (unpaired) electrons. The molecule has 1 aromatic carbocycles. The summed E-state index contributed by atoms with van der Waals surface area (Å²) in [4.78, 5) is 17.7. The molecule has 0 aliphatic carbocycles. The van der Waals surface area contributed by atoms with Gasteiger partial charge in [0, 0.05) is 29.2 Å². The fourth-order valence-corrected chi connectivity index (χ4v) is 2.89. The zero-order valence-electron chi connectivity index (χ0n) is 10.9. The second kappa shape index (κ2) is 6.84. The molecule has 0 saturated heterocycles. The Bertz CT molecular complexity index is 650. The molecular weight excluding hydrogens is 354 g/mol. The third-order valence-corrected chi connectivity index (χ3v) is 3.52. The van der Waals surface area contributed by atoms with Crippen molar-refractivity contribution in [1.29, 1.82) is 0 Å². The fourth-order valence-electron chi connectivity index (χ4n) is 1.86. The van der Waals surface area contributed by atoms with Gasteiger partial charge >= 0.3 is 0 Å². The van der Waals surface area contributed by atoms with E-state index in [0.29, 0.717) is 22.2 Å². The molecule has 1 aromatic heterocycles. The molecule has 1 amide bonds. The molecule has 0 saturated carbocycles. The van der Waals surface area contributed by atoms with E-state index in [2.05, 4.69) is 4.98 Å².